The first kappa shape index (κ1) is 16.6. The number of fused-ring (bicyclic) bond motifs is 1. The lowest BCUT2D eigenvalue weighted by Crippen LogP contribution is -2.37. The molecule has 1 aliphatic heterocycles. The summed E-state index contributed by atoms with van der Waals surface area (Å²) in [6.07, 6.45) is 4.49. The lowest BCUT2D eigenvalue weighted by atomic mass is 9.95. The predicted octanol–water partition coefficient (Wildman–Crippen LogP) is 5.22. The maximum absolute atomic E-state index is 13.3. The van der Waals surface area contributed by atoms with Crippen LogP contribution in [0.1, 0.15) is 53.3 Å². The number of amides is 1. The number of aromatic nitrogens is 2. The smallest absolute Gasteiger partial charge is 0.273 e. The van der Waals surface area contributed by atoms with E-state index >= 15 is 0 Å². The first-order chi connectivity index (χ1) is 13.2. The molecule has 1 atom stereocenters. The van der Waals surface area contributed by atoms with Gasteiger partial charge in [0.1, 0.15) is 5.69 Å². The molecule has 0 radical (unpaired) electrons. The van der Waals surface area contributed by atoms with Crippen LogP contribution in [0.25, 0.3) is 11.3 Å². The van der Waals surface area contributed by atoms with Gasteiger partial charge in [-0.15, -0.1) is 0 Å². The topological polar surface area (TPSA) is 49.0 Å². The van der Waals surface area contributed by atoms with Crippen molar-refractivity contribution >= 4 is 17.5 Å². The molecule has 5 heteroatoms. The summed E-state index contributed by atoms with van der Waals surface area (Å²) >= 11 is 6.12. The van der Waals surface area contributed by atoms with Crippen molar-refractivity contribution in [3.05, 3.63) is 76.4 Å². The molecular weight excluding hydrogens is 358 g/mol. The number of carbonyl (C=O) groups is 1. The van der Waals surface area contributed by atoms with Gasteiger partial charge in [0.2, 0.25) is 0 Å². The highest BCUT2D eigenvalue weighted by Gasteiger charge is 2.45. The first-order valence-corrected chi connectivity index (χ1v) is 9.83. The molecule has 1 unspecified atom stereocenters. The summed E-state index contributed by atoms with van der Waals surface area (Å²) in [4.78, 5) is 15.4. The average molecular weight is 378 g/mol. The fourth-order valence-corrected chi connectivity index (χ4v) is 4.64. The minimum Gasteiger partial charge on any atom is -0.323 e. The van der Waals surface area contributed by atoms with Crippen LogP contribution in [0.15, 0.2) is 54.6 Å². The summed E-state index contributed by atoms with van der Waals surface area (Å²) in [6.45, 7) is 0. The van der Waals surface area contributed by atoms with Crippen LogP contribution < -0.4 is 0 Å². The van der Waals surface area contributed by atoms with Gasteiger partial charge in [0, 0.05) is 22.2 Å². The van der Waals surface area contributed by atoms with Gasteiger partial charge in [-0.2, -0.15) is 5.10 Å². The Balaban J connectivity index is 1.68. The van der Waals surface area contributed by atoms with Crippen LogP contribution in [0.2, 0.25) is 5.02 Å². The molecule has 1 saturated carbocycles. The highest BCUT2D eigenvalue weighted by atomic mass is 35.5. The Morgan fingerprint density at radius 2 is 1.70 bits per heavy atom. The second-order valence-electron chi connectivity index (χ2n) is 7.33. The maximum atomic E-state index is 13.3. The number of halogens is 1. The van der Waals surface area contributed by atoms with Gasteiger partial charge in [0.05, 0.1) is 11.7 Å². The molecule has 1 amide bonds. The van der Waals surface area contributed by atoms with Crippen molar-refractivity contribution in [2.45, 2.75) is 37.8 Å². The Labute approximate surface area is 163 Å². The largest absolute Gasteiger partial charge is 0.323 e. The quantitative estimate of drug-likeness (QED) is 0.680. The molecule has 4 nitrogen and oxygen atoms in total. The number of nitrogens with one attached hydrogen (secondary N) is 1. The molecule has 1 N–H and O–H groups in total. The van der Waals surface area contributed by atoms with E-state index in [1.807, 2.05) is 54.6 Å². The van der Waals surface area contributed by atoms with Crippen molar-refractivity contribution in [1.82, 2.24) is 15.1 Å². The molecule has 2 heterocycles. The molecule has 136 valence electrons. The van der Waals surface area contributed by atoms with Crippen LogP contribution >= 0.6 is 11.6 Å². The number of hydrogen-bond donors (Lipinski definition) is 1. The van der Waals surface area contributed by atoms with Crippen molar-refractivity contribution in [2.24, 2.45) is 0 Å². The number of H-pyrrole nitrogens is 1. The zero-order chi connectivity index (χ0) is 18.4. The Morgan fingerprint density at radius 3 is 2.41 bits per heavy atom. The number of aromatic amines is 1. The fourth-order valence-electron chi connectivity index (χ4n) is 4.51. The minimum absolute atomic E-state index is 0.0616. The standard InChI is InChI=1S/C22H20ClN3O/c23-16-12-10-15(11-13-16)21-18-19(14-6-2-1-3-7-14)24-25-20(18)22(27)26(21)17-8-4-5-9-17/h1-3,6-7,10-13,17,21H,4-5,8-9H2,(H,24,25). The molecule has 0 spiro atoms. The third-order valence-electron chi connectivity index (χ3n) is 5.76. The summed E-state index contributed by atoms with van der Waals surface area (Å²) in [5, 5.41) is 8.25. The van der Waals surface area contributed by atoms with Crippen LogP contribution in [-0.4, -0.2) is 27.0 Å². The fraction of sp³-hybridized carbons (Fsp3) is 0.273. The molecule has 0 bridgehead atoms. The maximum Gasteiger partial charge on any atom is 0.273 e. The summed E-state index contributed by atoms with van der Waals surface area (Å²) in [6, 6.07) is 18.1. The summed E-state index contributed by atoms with van der Waals surface area (Å²) < 4.78 is 0. The van der Waals surface area contributed by atoms with E-state index in [1.165, 1.54) is 12.8 Å². The van der Waals surface area contributed by atoms with Gasteiger partial charge in [-0.25, -0.2) is 0 Å². The number of nitrogens with zero attached hydrogens (tertiary/aromatic N) is 2. The summed E-state index contributed by atoms with van der Waals surface area (Å²) in [5.74, 6) is 0.0616. The first-order valence-electron chi connectivity index (χ1n) is 9.46. The molecule has 2 aromatic carbocycles. The van der Waals surface area contributed by atoms with Crippen LogP contribution in [-0.2, 0) is 0 Å². The average Bonchev–Trinajstić information content (AvgIpc) is 3.41. The molecular formula is C22H20ClN3O. The van der Waals surface area contributed by atoms with Crippen LogP contribution in [0, 0.1) is 0 Å². The Kier molecular flexibility index (Phi) is 4.01. The van der Waals surface area contributed by atoms with E-state index in [4.69, 9.17) is 11.6 Å². The third-order valence-corrected chi connectivity index (χ3v) is 6.01. The van der Waals surface area contributed by atoms with E-state index in [0.717, 1.165) is 35.2 Å². The van der Waals surface area contributed by atoms with Gasteiger partial charge in [0.25, 0.3) is 5.91 Å². The van der Waals surface area contributed by atoms with E-state index in [0.29, 0.717) is 10.7 Å². The van der Waals surface area contributed by atoms with Crippen LogP contribution in [0.3, 0.4) is 0 Å². The molecule has 27 heavy (non-hydrogen) atoms. The molecule has 2 aliphatic rings. The third kappa shape index (κ3) is 2.67. The number of rotatable bonds is 3. The number of benzene rings is 2. The highest BCUT2D eigenvalue weighted by Crippen LogP contribution is 2.46. The van der Waals surface area contributed by atoms with Gasteiger partial charge in [-0.1, -0.05) is 66.9 Å². The zero-order valence-electron chi connectivity index (χ0n) is 14.9. The molecule has 5 rings (SSSR count). The lowest BCUT2D eigenvalue weighted by molar-refractivity contribution is 0.0660. The van der Waals surface area contributed by atoms with Crippen molar-refractivity contribution in [2.75, 3.05) is 0 Å². The predicted molar refractivity (Wildman–Crippen MR) is 106 cm³/mol. The molecule has 0 saturated heterocycles. The molecule has 3 aromatic rings. The molecule has 1 aromatic heterocycles. The Hall–Kier alpha value is -2.59. The summed E-state index contributed by atoms with van der Waals surface area (Å²) in [5.41, 5.74) is 4.58. The van der Waals surface area contributed by atoms with Gasteiger partial charge in [-0.05, 0) is 30.5 Å². The van der Waals surface area contributed by atoms with Crippen molar-refractivity contribution in [3.8, 4) is 11.3 Å². The number of hydrogen-bond acceptors (Lipinski definition) is 2. The molecule has 1 fully saturated rings. The van der Waals surface area contributed by atoms with E-state index in [9.17, 15) is 4.79 Å². The second-order valence-corrected chi connectivity index (χ2v) is 7.77. The van der Waals surface area contributed by atoms with Gasteiger partial charge in [-0.3, -0.25) is 9.89 Å². The Morgan fingerprint density at radius 1 is 1.00 bits per heavy atom. The van der Waals surface area contributed by atoms with Crippen molar-refractivity contribution < 1.29 is 4.79 Å². The van der Waals surface area contributed by atoms with Crippen LogP contribution in [0.4, 0.5) is 0 Å². The van der Waals surface area contributed by atoms with Crippen molar-refractivity contribution in [1.29, 1.82) is 0 Å². The minimum atomic E-state index is -0.123. The normalized spacial score (nSPS) is 19.7. The van der Waals surface area contributed by atoms with E-state index in [2.05, 4.69) is 15.1 Å². The van der Waals surface area contributed by atoms with E-state index in [1.54, 1.807) is 0 Å². The Bertz CT molecular complexity index is 975. The van der Waals surface area contributed by atoms with Gasteiger partial charge < -0.3 is 4.90 Å². The van der Waals surface area contributed by atoms with E-state index < -0.39 is 0 Å². The SMILES string of the molecule is O=C1c2[nH]nc(-c3ccccc3)c2C(c2ccc(Cl)cc2)N1C1CCCC1. The lowest BCUT2D eigenvalue weighted by Gasteiger charge is -2.31. The van der Waals surface area contributed by atoms with E-state index in [-0.39, 0.29) is 18.0 Å². The number of carbonyl (C=O) groups excluding carboxylic acids is 1. The molecule has 1 aliphatic carbocycles. The second kappa shape index (κ2) is 6.54. The summed E-state index contributed by atoms with van der Waals surface area (Å²) in [7, 11) is 0. The monoisotopic (exact) mass is 377 g/mol. The van der Waals surface area contributed by atoms with Gasteiger partial charge >= 0.3 is 0 Å². The van der Waals surface area contributed by atoms with Crippen molar-refractivity contribution in [3.63, 3.8) is 0 Å². The van der Waals surface area contributed by atoms with Crippen LogP contribution in [0.5, 0.6) is 0 Å². The highest BCUT2D eigenvalue weighted by molar-refractivity contribution is 6.30. The van der Waals surface area contributed by atoms with Gasteiger partial charge in [0.15, 0.2) is 0 Å². The zero-order valence-corrected chi connectivity index (χ0v) is 15.6.